The highest BCUT2D eigenvalue weighted by molar-refractivity contribution is 7.15. The third-order valence-corrected chi connectivity index (χ3v) is 3.88. The van der Waals surface area contributed by atoms with E-state index in [0.29, 0.717) is 10.7 Å². The average molecular weight is 313 g/mol. The molecule has 0 aliphatic heterocycles. The van der Waals surface area contributed by atoms with Crippen LogP contribution in [-0.2, 0) is 0 Å². The molecule has 3 aromatic rings. The number of nitrogens with zero attached hydrogens (tertiary/aromatic N) is 4. The topological polar surface area (TPSA) is 72.7 Å². The number of aromatic nitrogens is 4. The van der Waals surface area contributed by atoms with Gasteiger partial charge in [-0.05, 0) is 51.1 Å². The Morgan fingerprint density at radius 1 is 1.14 bits per heavy atom. The standard InChI is InChI=1S/C15H15N5OS/c1-9-8-10(2)20(19-9)13-6-4-12(5-7-13)14(21)16-15-18-17-11(3)22-15/h4-8H,1-3H3,(H,16,18,21). The second kappa shape index (κ2) is 5.69. The number of amides is 1. The van der Waals surface area contributed by atoms with E-state index < -0.39 is 0 Å². The zero-order valence-corrected chi connectivity index (χ0v) is 13.3. The Morgan fingerprint density at radius 3 is 2.41 bits per heavy atom. The normalized spacial score (nSPS) is 10.7. The summed E-state index contributed by atoms with van der Waals surface area (Å²) in [4.78, 5) is 12.1. The lowest BCUT2D eigenvalue weighted by atomic mass is 10.2. The van der Waals surface area contributed by atoms with Crippen LogP contribution < -0.4 is 5.32 Å². The van der Waals surface area contributed by atoms with Crippen LogP contribution in [0.1, 0.15) is 26.8 Å². The van der Waals surface area contributed by atoms with E-state index in [1.807, 2.05) is 43.7 Å². The molecule has 3 rings (SSSR count). The molecule has 1 N–H and O–H groups in total. The molecule has 0 saturated heterocycles. The van der Waals surface area contributed by atoms with Crippen LogP contribution in [0.3, 0.4) is 0 Å². The maximum atomic E-state index is 12.1. The molecule has 1 amide bonds. The van der Waals surface area contributed by atoms with Crippen LogP contribution in [0.5, 0.6) is 0 Å². The lowest BCUT2D eigenvalue weighted by Crippen LogP contribution is -2.12. The van der Waals surface area contributed by atoms with Gasteiger partial charge >= 0.3 is 0 Å². The molecule has 0 fully saturated rings. The Hall–Kier alpha value is -2.54. The Bertz CT molecular complexity index is 819. The first-order valence-corrected chi connectivity index (χ1v) is 7.60. The number of hydrogen-bond acceptors (Lipinski definition) is 5. The van der Waals surface area contributed by atoms with Crippen LogP contribution in [0.25, 0.3) is 5.69 Å². The zero-order chi connectivity index (χ0) is 15.7. The molecule has 22 heavy (non-hydrogen) atoms. The number of rotatable bonds is 3. The van der Waals surface area contributed by atoms with Gasteiger partial charge in [0.25, 0.3) is 5.91 Å². The van der Waals surface area contributed by atoms with Gasteiger partial charge in [-0.2, -0.15) is 5.10 Å². The van der Waals surface area contributed by atoms with E-state index >= 15 is 0 Å². The molecule has 1 aromatic carbocycles. The van der Waals surface area contributed by atoms with Crippen LogP contribution in [-0.4, -0.2) is 25.9 Å². The first-order chi connectivity index (χ1) is 10.5. The molecule has 2 aromatic heterocycles. The van der Waals surface area contributed by atoms with Gasteiger partial charge in [0.15, 0.2) is 0 Å². The van der Waals surface area contributed by atoms with Crippen molar-refractivity contribution in [3.8, 4) is 5.69 Å². The molecule has 0 radical (unpaired) electrons. The molecular weight excluding hydrogens is 298 g/mol. The van der Waals surface area contributed by atoms with Crippen molar-refractivity contribution in [1.82, 2.24) is 20.0 Å². The van der Waals surface area contributed by atoms with E-state index in [1.165, 1.54) is 11.3 Å². The Morgan fingerprint density at radius 2 is 1.86 bits per heavy atom. The summed E-state index contributed by atoms with van der Waals surface area (Å²) in [6, 6.07) is 9.31. The highest BCUT2D eigenvalue weighted by atomic mass is 32.1. The summed E-state index contributed by atoms with van der Waals surface area (Å²) in [6.07, 6.45) is 0. The summed E-state index contributed by atoms with van der Waals surface area (Å²) in [6.45, 7) is 5.80. The molecule has 6 nitrogen and oxygen atoms in total. The van der Waals surface area contributed by atoms with Gasteiger partial charge in [0, 0.05) is 11.3 Å². The summed E-state index contributed by atoms with van der Waals surface area (Å²) in [5.74, 6) is -0.198. The summed E-state index contributed by atoms with van der Waals surface area (Å²) >= 11 is 1.35. The number of hydrogen-bond donors (Lipinski definition) is 1. The number of benzene rings is 1. The minimum atomic E-state index is -0.198. The SMILES string of the molecule is Cc1cc(C)n(-c2ccc(C(=O)Nc3nnc(C)s3)cc2)n1. The van der Waals surface area contributed by atoms with Crippen LogP contribution in [0, 0.1) is 20.8 Å². The van der Waals surface area contributed by atoms with Gasteiger partial charge in [0.1, 0.15) is 5.01 Å². The molecule has 0 saturated carbocycles. The van der Waals surface area contributed by atoms with Crippen molar-refractivity contribution in [2.75, 3.05) is 5.32 Å². The average Bonchev–Trinajstić information content (AvgIpc) is 3.04. The van der Waals surface area contributed by atoms with Crippen molar-refractivity contribution in [3.05, 3.63) is 52.3 Å². The molecule has 2 heterocycles. The number of nitrogens with one attached hydrogen (secondary N) is 1. The molecule has 0 bridgehead atoms. The van der Waals surface area contributed by atoms with Gasteiger partial charge < -0.3 is 0 Å². The van der Waals surface area contributed by atoms with Crippen molar-refractivity contribution in [2.24, 2.45) is 0 Å². The van der Waals surface area contributed by atoms with Crippen molar-refractivity contribution in [2.45, 2.75) is 20.8 Å². The Labute approximate surface area is 131 Å². The lowest BCUT2D eigenvalue weighted by Gasteiger charge is -2.06. The molecule has 112 valence electrons. The highest BCUT2D eigenvalue weighted by Gasteiger charge is 2.10. The lowest BCUT2D eigenvalue weighted by molar-refractivity contribution is 0.102. The fourth-order valence-electron chi connectivity index (χ4n) is 2.16. The third-order valence-electron chi connectivity index (χ3n) is 3.13. The molecule has 0 unspecified atom stereocenters. The van der Waals surface area contributed by atoms with E-state index in [1.54, 1.807) is 12.1 Å². The van der Waals surface area contributed by atoms with E-state index in [2.05, 4.69) is 20.6 Å². The number of anilines is 1. The van der Waals surface area contributed by atoms with Gasteiger partial charge in [-0.1, -0.05) is 11.3 Å². The highest BCUT2D eigenvalue weighted by Crippen LogP contribution is 2.16. The first-order valence-electron chi connectivity index (χ1n) is 6.78. The van der Waals surface area contributed by atoms with E-state index in [0.717, 1.165) is 22.1 Å². The van der Waals surface area contributed by atoms with Crippen LogP contribution in [0.4, 0.5) is 5.13 Å². The smallest absolute Gasteiger partial charge is 0.257 e. The molecule has 0 spiro atoms. The fraction of sp³-hybridized carbons (Fsp3) is 0.200. The van der Waals surface area contributed by atoms with Gasteiger partial charge in [-0.25, -0.2) is 4.68 Å². The van der Waals surface area contributed by atoms with Crippen molar-refractivity contribution in [3.63, 3.8) is 0 Å². The minimum Gasteiger partial charge on any atom is -0.296 e. The van der Waals surface area contributed by atoms with Crippen molar-refractivity contribution < 1.29 is 4.79 Å². The number of carbonyl (C=O) groups is 1. The summed E-state index contributed by atoms with van der Waals surface area (Å²) in [5.41, 5.74) is 3.51. The molecule has 0 atom stereocenters. The maximum Gasteiger partial charge on any atom is 0.257 e. The van der Waals surface area contributed by atoms with E-state index in [4.69, 9.17) is 0 Å². The van der Waals surface area contributed by atoms with Crippen molar-refractivity contribution >= 4 is 22.4 Å². The van der Waals surface area contributed by atoms with Crippen molar-refractivity contribution in [1.29, 1.82) is 0 Å². The molecular formula is C15H15N5OS. The Balaban J connectivity index is 1.79. The van der Waals surface area contributed by atoms with Gasteiger partial charge in [0.05, 0.1) is 11.4 Å². The zero-order valence-electron chi connectivity index (χ0n) is 12.5. The van der Waals surface area contributed by atoms with Gasteiger partial charge in [-0.15, -0.1) is 10.2 Å². The minimum absolute atomic E-state index is 0.198. The van der Waals surface area contributed by atoms with Gasteiger partial charge in [0.2, 0.25) is 5.13 Å². The van der Waals surface area contributed by atoms with E-state index in [9.17, 15) is 4.79 Å². The summed E-state index contributed by atoms with van der Waals surface area (Å²) in [5, 5.41) is 16.2. The predicted octanol–water partition coefficient (Wildman–Crippen LogP) is 2.90. The Kier molecular flexibility index (Phi) is 3.72. The summed E-state index contributed by atoms with van der Waals surface area (Å²) in [7, 11) is 0. The fourth-order valence-corrected chi connectivity index (χ4v) is 2.75. The maximum absolute atomic E-state index is 12.1. The molecule has 0 aliphatic carbocycles. The predicted molar refractivity (Wildman–Crippen MR) is 85.6 cm³/mol. The van der Waals surface area contributed by atoms with Crippen LogP contribution >= 0.6 is 11.3 Å². The second-order valence-corrected chi connectivity index (χ2v) is 6.15. The number of carbonyl (C=O) groups excluding carboxylic acids is 1. The van der Waals surface area contributed by atoms with Crippen LogP contribution in [0.2, 0.25) is 0 Å². The number of aryl methyl sites for hydroxylation is 3. The largest absolute Gasteiger partial charge is 0.296 e. The second-order valence-electron chi connectivity index (χ2n) is 4.97. The van der Waals surface area contributed by atoms with Gasteiger partial charge in [-0.3, -0.25) is 10.1 Å². The first kappa shape index (κ1) is 14.4. The summed E-state index contributed by atoms with van der Waals surface area (Å²) < 4.78 is 1.85. The third kappa shape index (κ3) is 2.89. The van der Waals surface area contributed by atoms with E-state index in [-0.39, 0.29) is 5.91 Å². The molecule has 0 aliphatic rings. The quantitative estimate of drug-likeness (QED) is 0.807. The molecule has 7 heteroatoms. The monoisotopic (exact) mass is 313 g/mol. The van der Waals surface area contributed by atoms with Crippen LogP contribution in [0.15, 0.2) is 30.3 Å².